The summed E-state index contributed by atoms with van der Waals surface area (Å²) >= 11 is 0. The van der Waals surface area contributed by atoms with E-state index in [2.05, 4.69) is 36.2 Å². The second-order valence-electron chi connectivity index (χ2n) is 5.94. The van der Waals surface area contributed by atoms with Gasteiger partial charge in [-0.1, -0.05) is 19.9 Å². The van der Waals surface area contributed by atoms with Gasteiger partial charge >= 0.3 is 0 Å². The average molecular weight is 322 g/mol. The molecule has 0 bridgehead atoms. The SMILES string of the molecule is CCOc1cc(CNCCCN(CC)CC)ccc1OC(C)C. The third-order valence-corrected chi connectivity index (χ3v) is 3.72. The number of nitrogens with one attached hydrogen (secondary N) is 1. The Hall–Kier alpha value is -1.26. The van der Waals surface area contributed by atoms with E-state index in [4.69, 9.17) is 9.47 Å². The van der Waals surface area contributed by atoms with E-state index >= 15 is 0 Å². The predicted molar refractivity (Wildman–Crippen MR) is 97.5 cm³/mol. The minimum atomic E-state index is 0.151. The molecule has 1 aromatic rings. The fourth-order valence-electron chi connectivity index (χ4n) is 2.48. The fraction of sp³-hybridized carbons (Fsp3) is 0.684. The minimum Gasteiger partial charge on any atom is -0.490 e. The van der Waals surface area contributed by atoms with Gasteiger partial charge in [0.25, 0.3) is 0 Å². The molecule has 0 saturated heterocycles. The Bertz CT molecular complexity index is 431. The molecular formula is C19H34N2O2. The lowest BCUT2D eigenvalue weighted by atomic mass is 10.2. The monoisotopic (exact) mass is 322 g/mol. The lowest BCUT2D eigenvalue weighted by Crippen LogP contribution is -2.27. The molecule has 0 aliphatic heterocycles. The Kier molecular flexibility index (Phi) is 9.72. The molecule has 0 atom stereocenters. The van der Waals surface area contributed by atoms with Gasteiger partial charge in [0.1, 0.15) is 0 Å². The van der Waals surface area contributed by atoms with Crippen molar-refractivity contribution in [3.8, 4) is 11.5 Å². The van der Waals surface area contributed by atoms with E-state index in [1.807, 2.05) is 26.8 Å². The summed E-state index contributed by atoms with van der Waals surface area (Å²) in [6.45, 7) is 16.4. The van der Waals surface area contributed by atoms with Crippen LogP contribution >= 0.6 is 0 Å². The smallest absolute Gasteiger partial charge is 0.161 e. The number of ether oxygens (including phenoxy) is 2. The molecule has 4 heteroatoms. The van der Waals surface area contributed by atoms with Crippen LogP contribution in [0.3, 0.4) is 0 Å². The molecule has 0 heterocycles. The van der Waals surface area contributed by atoms with E-state index in [9.17, 15) is 0 Å². The number of hydrogen-bond donors (Lipinski definition) is 1. The van der Waals surface area contributed by atoms with E-state index < -0.39 is 0 Å². The highest BCUT2D eigenvalue weighted by molar-refractivity contribution is 5.43. The maximum absolute atomic E-state index is 5.80. The Balaban J connectivity index is 2.46. The molecule has 1 aromatic carbocycles. The molecule has 0 saturated carbocycles. The van der Waals surface area contributed by atoms with Crippen molar-refractivity contribution in [1.82, 2.24) is 10.2 Å². The van der Waals surface area contributed by atoms with Gasteiger partial charge in [-0.2, -0.15) is 0 Å². The first-order chi connectivity index (χ1) is 11.1. The summed E-state index contributed by atoms with van der Waals surface area (Å²) in [7, 11) is 0. The lowest BCUT2D eigenvalue weighted by molar-refractivity contribution is 0.223. The minimum absolute atomic E-state index is 0.151. The summed E-state index contributed by atoms with van der Waals surface area (Å²) in [5.41, 5.74) is 1.23. The van der Waals surface area contributed by atoms with Gasteiger partial charge in [0, 0.05) is 6.54 Å². The van der Waals surface area contributed by atoms with Crippen LogP contribution < -0.4 is 14.8 Å². The van der Waals surface area contributed by atoms with Crippen molar-refractivity contribution in [3.63, 3.8) is 0 Å². The number of hydrogen-bond acceptors (Lipinski definition) is 4. The summed E-state index contributed by atoms with van der Waals surface area (Å²) in [4.78, 5) is 2.45. The summed E-state index contributed by atoms with van der Waals surface area (Å²) < 4.78 is 11.5. The predicted octanol–water partition coefficient (Wildman–Crippen LogP) is 3.69. The third kappa shape index (κ3) is 7.71. The average Bonchev–Trinajstić information content (AvgIpc) is 2.53. The summed E-state index contributed by atoms with van der Waals surface area (Å²) in [6, 6.07) is 6.20. The summed E-state index contributed by atoms with van der Waals surface area (Å²) in [6.07, 6.45) is 1.33. The zero-order valence-corrected chi connectivity index (χ0v) is 15.5. The van der Waals surface area contributed by atoms with E-state index in [1.165, 1.54) is 12.0 Å². The van der Waals surface area contributed by atoms with Gasteiger partial charge in [-0.05, 0) is 71.1 Å². The van der Waals surface area contributed by atoms with E-state index in [1.54, 1.807) is 0 Å². The maximum atomic E-state index is 5.80. The molecule has 0 aliphatic carbocycles. The van der Waals surface area contributed by atoms with Crippen molar-refractivity contribution >= 4 is 0 Å². The molecule has 132 valence electrons. The van der Waals surface area contributed by atoms with Crippen molar-refractivity contribution in [2.24, 2.45) is 0 Å². The fourth-order valence-corrected chi connectivity index (χ4v) is 2.48. The molecule has 23 heavy (non-hydrogen) atoms. The Labute approximate surface area is 142 Å². The van der Waals surface area contributed by atoms with Crippen molar-refractivity contribution in [2.45, 2.75) is 53.7 Å². The first-order valence-electron chi connectivity index (χ1n) is 8.96. The summed E-state index contributed by atoms with van der Waals surface area (Å²) in [5, 5.41) is 3.51. The van der Waals surface area contributed by atoms with Gasteiger partial charge in [0.05, 0.1) is 12.7 Å². The van der Waals surface area contributed by atoms with E-state index in [0.717, 1.165) is 44.2 Å². The highest BCUT2D eigenvalue weighted by Gasteiger charge is 2.08. The Morgan fingerprint density at radius 3 is 2.43 bits per heavy atom. The maximum Gasteiger partial charge on any atom is 0.161 e. The molecule has 0 unspecified atom stereocenters. The molecular weight excluding hydrogens is 288 g/mol. The zero-order valence-electron chi connectivity index (χ0n) is 15.5. The van der Waals surface area contributed by atoms with Gasteiger partial charge in [-0.25, -0.2) is 0 Å². The highest BCUT2D eigenvalue weighted by Crippen LogP contribution is 2.29. The molecule has 0 radical (unpaired) electrons. The van der Waals surface area contributed by atoms with Crippen LogP contribution in [-0.4, -0.2) is 43.8 Å². The van der Waals surface area contributed by atoms with Crippen LogP contribution in [-0.2, 0) is 6.54 Å². The van der Waals surface area contributed by atoms with E-state index in [-0.39, 0.29) is 6.10 Å². The highest BCUT2D eigenvalue weighted by atomic mass is 16.5. The van der Waals surface area contributed by atoms with Crippen molar-refractivity contribution in [2.75, 3.05) is 32.8 Å². The topological polar surface area (TPSA) is 33.7 Å². The van der Waals surface area contributed by atoms with Crippen LogP contribution in [0.5, 0.6) is 11.5 Å². The van der Waals surface area contributed by atoms with Gasteiger partial charge in [-0.15, -0.1) is 0 Å². The molecule has 1 rings (SSSR count). The second-order valence-corrected chi connectivity index (χ2v) is 5.94. The van der Waals surface area contributed by atoms with Crippen LogP contribution in [0.15, 0.2) is 18.2 Å². The number of rotatable bonds is 12. The molecule has 0 aromatic heterocycles. The van der Waals surface area contributed by atoms with Crippen LogP contribution in [0.4, 0.5) is 0 Å². The molecule has 0 fully saturated rings. The normalized spacial score (nSPS) is 11.3. The van der Waals surface area contributed by atoms with Gasteiger partial charge in [-0.3, -0.25) is 0 Å². The standard InChI is InChI=1S/C19H34N2O2/c1-6-21(7-2)13-9-12-20-15-17-10-11-18(23-16(4)5)19(14-17)22-8-3/h10-11,14,16,20H,6-9,12-13,15H2,1-5H3. The van der Waals surface area contributed by atoms with Gasteiger partial charge in [0.15, 0.2) is 11.5 Å². The molecule has 0 spiro atoms. The van der Waals surface area contributed by atoms with Crippen molar-refractivity contribution in [3.05, 3.63) is 23.8 Å². The first kappa shape index (κ1) is 19.8. The number of nitrogens with zero attached hydrogens (tertiary/aromatic N) is 1. The Morgan fingerprint density at radius 2 is 1.83 bits per heavy atom. The molecule has 1 N–H and O–H groups in total. The number of benzene rings is 1. The largest absolute Gasteiger partial charge is 0.490 e. The third-order valence-electron chi connectivity index (χ3n) is 3.72. The zero-order chi connectivity index (χ0) is 17.1. The Morgan fingerprint density at radius 1 is 1.09 bits per heavy atom. The second kappa shape index (κ2) is 11.3. The van der Waals surface area contributed by atoms with Crippen LogP contribution in [0.25, 0.3) is 0 Å². The van der Waals surface area contributed by atoms with Gasteiger partial charge < -0.3 is 19.7 Å². The summed E-state index contributed by atoms with van der Waals surface area (Å²) in [5.74, 6) is 1.66. The van der Waals surface area contributed by atoms with Crippen molar-refractivity contribution in [1.29, 1.82) is 0 Å². The van der Waals surface area contributed by atoms with Crippen LogP contribution in [0, 0.1) is 0 Å². The van der Waals surface area contributed by atoms with E-state index in [0.29, 0.717) is 6.61 Å². The molecule has 0 amide bonds. The quantitative estimate of drug-likeness (QED) is 0.595. The van der Waals surface area contributed by atoms with Crippen LogP contribution in [0.1, 0.15) is 46.6 Å². The molecule has 4 nitrogen and oxygen atoms in total. The first-order valence-corrected chi connectivity index (χ1v) is 8.96. The lowest BCUT2D eigenvalue weighted by Gasteiger charge is -2.18. The molecule has 0 aliphatic rings. The van der Waals surface area contributed by atoms with Crippen LogP contribution in [0.2, 0.25) is 0 Å². The van der Waals surface area contributed by atoms with Gasteiger partial charge in [0.2, 0.25) is 0 Å². The van der Waals surface area contributed by atoms with Crippen molar-refractivity contribution < 1.29 is 9.47 Å².